The van der Waals surface area contributed by atoms with E-state index in [0.29, 0.717) is 18.8 Å². The molecule has 0 spiro atoms. The predicted octanol–water partition coefficient (Wildman–Crippen LogP) is 5.40. The van der Waals surface area contributed by atoms with Crippen LogP contribution in [-0.4, -0.2) is 39.4 Å². The molecule has 0 bridgehead atoms. The first kappa shape index (κ1) is 22.6. The Morgan fingerprint density at radius 2 is 1.66 bits per heavy atom. The lowest BCUT2D eigenvalue weighted by Crippen LogP contribution is -2.65. The molecule has 2 aromatic rings. The number of nitrogens with one attached hydrogen (secondary N) is 1. The summed E-state index contributed by atoms with van der Waals surface area (Å²) in [6.07, 6.45) is 10.1. The third-order valence-corrected chi connectivity index (χ3v) is 7.24. The zero-order valence-corrected chi connectivity index (χ0v) is 19.6. The molecule has 172 valence electrons. The third kappa shape index (κ3) is 4.48. The quantitative estimate of drug-likeness (QED) is 0.661. The third-order valence-electron chi connectivity index (χ3n) is 7.24. The highest BCUT2D eigenvalue weighted by Crippen LogP contribution is 2.33. The molecule has 1 aromatic heterocycles. The molecule has 0 saturated heterocycles. The van der Waals surface area contributed by atoms with Gasteiger partial charge in [-0.25, -0.2) is 0 Å². The van der Waals surface area contributed by atoms with Gasteiger partial charge in [-0.15, -0.1) is 0 Å². The maximum absolute atomic E-state index is 13.8. The Morgan fingerprint density at radius 3 is 2.34 bits per heavy atom. The largest absolute Gasteiger partial charge is 0.351 e. The van der Waals surface area contributed by atoms with Crippen LogP contribution in [0, 0.1) is 0 Å². The zero-order valence-electron chi connectivity index (χ0n) is 19.6. The minimum atomic E-state index is -0.899. The van der Waals surface area contributed by atoms with Gasteiger partial charge in [0.15, 0.2) is 0 Å². The van der Waals surface area contributed by atoms with E-state index in [1.807, 2.05) is 42.2 Å². The molecule has 0 unspecified atom stereocenters. The average molecular weight is 436 g/mol. The molecule has 1 aromatic carbocycles. The van der Waals surface area contributed by atoms with Gasteiger partial charge in [-0.05, 0) is 43.9 Å². The SMILES string of the molecule is CCCCN1C(=O)c2ccc(-c3ccccc3)n2C[C@@]1(C)C(=O)NC1CCCCCCC1. The van der Waals surface area contributed by atoms with Crippen molar-refractivity contribution in [1.29, 1.82) is 0 Å². The minimum absolute atomic E-state index is 0.00844. The number of benzene rings is 1. The van der Waals surface area contributed by atoms with Crippen LogP contribution in [0.25, 0.3) is 11.3 Å². The smallest absolute Gasteiger partial charge is 0.271 e. The fourth-order valence-corrected chi connectivity index (χ4v) is 5.24. The molecule has 4 rings (SSSR count). The van der Waals surface area contributed by atoms with Crippen LogP contribution in [0.2, 0.25) is 0 Å². The van der Waals surface area contributed by atoms with E-state index in [9.17, 15) is 9.59 Å². The molecule has 32 heavy (non-hydrogen) atoms. The summed E-state index contributed by atoms with van der Waals surface area (Å²) in [5.41, 5.74) is 1.84. The van der Waals surface area contributed by atoms with Crippen LogP contribution in [-0.2, 0) is 11.3 Å². The molecule has 5 nitrogen and oxygen atoms in total. The standard InChI is InChI=1S/C27H37N3O2/c1-3-4-19-30-25(31)24-18-17-23(21-13-9-8-10-14-21)29(24)20-27(30,2)26(32)28-22-15-11-6-5-7-12-16-22/h8-10,13-14,17-18,22H,3-7,11-12,15-16,19-20H2,1-2H3,(H,28,32)/t27-/m0/s1. The fraction of sp³-hybridized carbons (Fsp3) is 0.556. The fourth-order valence-electron chi connectivity index (χ4n) is 5.24. The Balaban J connectivity index is 1.65. The molecular weight excluding hydrogens is 398 g/mol. The normalized spacial score (nSPS) is 22.2. The van der Waals surface area contributed by atoms with Crippen molar-refractivity contribution in [3.05, 3.63) is 48.2 Å². The van der Waals surface area contributed by atoms with Crippen molar-refractivity contribution in [2.24, 2.45) is 0 Å². The van der Waals surface area contributed by atoms with E-state index in [2.05, 4.69) is 28.9 Å². The second kappa shape index (κ2) is 9.93. The van der Waals surface area contributed by atoms with Gasteiger partial charge in [0.2, 0.25) is 5.91 Å². The van der Waals surface area contributed by atoms with Crippen molar-refractivity contribution in [3.8, 4) is 11.3 Å². The summed E-state index contributed by atoms with van der Waals surface area (Å²) in [4.78, 5) is 29.2. The highest BCUT2D eigenvalue weighted by atomic mass is 16.2. The minimum Gasteiger partial charge on any atom is -0.351 e. The lowest BCUT2D eigenvalue weighted by Gasteiger charge is -2.45. The van der Waals surface area contributed by atoms with Gasteiger partial charge in [0.05, 0.1) is 6.54 Å². The van der Waals surface area contributed by atoms with Gasteiger partial charge in [-0.3, -0.25) is 9.59 Å². The summed E-state index contributed by atoms with van der Waals surface area (Å²) < 4.78 is 2.05. The van der Waals surface area contributed by atoms with E-state index in [0.717, 1.165) is 36.9 Å². The number of hydrogen-bond acceptors (Lipinski definition) is 2. The first-order chi connectivity index (χ1) is 15.5. The highest BCUT2D eigenvalue weighted by molar-refractivity contribution is 6.00. The van der Waals surface area contributed by atoms with Crippen LogP contribution in [0.4, 0.5) is 0 Å². The summed E-state index contributed by atoms with van der Waals surface area (Å²) in [6, 6.07) is 14.3. The number of fused-ring (bicyclic) bond motifs is 1. The molecule has 1 aliphatic heterocycles. The zero-order chi connectivity index (χ0) is 22.6. The second-order valence-electron chi connectivity index (χ2n) is 9.66. The lowest BCUT2D eigenvalue weighted by molar-refractivity contribution is -0.133. The highest BCUT2D eigenvalue weighted by Gasteiger charge is 2.47. The molecule has 2 heterocycles. The van der Waals surface area contributed by atoms with Gasteiger partial charge < -0.3 is 14.8 Å². The molecule has 2 aliphatic rings. The van der Waals surface area contributed by atoms with Crippen LogP contribution in [0.5, 0.6) is 0 Å². The Morgan fingerprint density at radius 1 is 1.00 bits per heavy atom. The van der Waals surface area contributed by atoms with Crippen molar-refractivity contribution in [2.75, 3.05) is 6.54 Å². The van der Waals surface area contributed by atoms with E-state index in [4.69, 9.17) is 0 Å². The van der Waals surface area contributed by atoms with Gasteiger partial charge >= 0.3 is 0 Å². The Bertz CT molecular complexity index is 928. The molecule has 1 atom stereocenters. The monoisotopic (exact) mass is 435 g/mol. The number of hydrogen-bond donors (Lipinski definition) is 1. The van der Waals surface area contributed by atoms with Crippen LogP contribution in [0.15, 0.2) is 42.5 Å². The lowest BCUT2D eigenvalue weighted by atomic mass is 9.91. The first-order valence-electron chi connectivity index (χ1n) is 12.4. The number of aromatic nitrogens is 1. The average Bonchev–Trinajstić information content (AvgIpc) is 3.19. The number of rotatable bonds is 6. The van der Waals surface area contributed by atoms with E-state index >= 15 is 0 Å². The molecule has 1 saturated carbocycles. The van der Waals surface area contributed by atoms with Crippen molar-refractivity contribution in [1.82, 2.24) is 14.8 Å². The van der Waals surface area contributed by atoms with Gasteiger partial charge in [-0.2, -0.15) is 0 Å². The van der Waals surface area contributed by atoms with Crippen LogP contribution < -0.4 is 5.32 Å². The number of unbranched alkanes of at least 4 members (excludes halogenated alkanes) is 1. The van der Waals surface area contributed by atoms with Crippen molar-refractivity contribution in [3.63, 3.8) is 0 Å². The number of amides is 2. The number of carbonyl (C=O) groups excluding carboxylic acids is 2. The van der Waals surface area contributed by atoms with Gasteiger partial charge in [0, 0.05) is 18.3 Å². The van der Waals surface area contributed by atoms with Gasteiger partial charge in [0.1, 0.15) is 11.2 Å². The first-order valence-corrected chi connectivity index (χ1v) is 12.4. The van der Waals surface area contributed by atoms with Crippen LogP contribution in [0.3, 0.4) is 0 Å². The summed E-state index contributed by atoms with van der Waals surface area (Å²) >= 11 is 0. The molecular formula is C27H37N3O2. The maximum Gasteiger partial charge on any atom is 0.271 e. The second-order valence-corrected chi connectivity index (χ2v) is 9.66. The summed E-state index contributed by atoms with van der Waals surface area (Å²) in [5, 5.41) is 3.36. The molecule has 1 N–H and O–H groups in total. The van der Waals surface area contributed by atoms with Crippen LogP contribution in [0.1, 0.15) is 82.1 Å². The van der Waals surface area contributed by atoms with Crippen molar-refractivity contribution in [2.45, 2.75) is 89.8 Å². The van der Waals surface area contributed by atoms with E-state index in [1.54, 1.807) is 0 Å². The van der Waals surface area contributed by atoms with E-state index < -0.39 is 5.54 Å². The van der Waals surface area contributed by atoms with E-state index in [1.165, 1.54) is 32.1 Å². The summed E-state index contributed by atoms with van der Waals surface area (Å²) in [6.45, 7) is 5.16. The topological polar surface area (TPSA) is 54.3 Å². The molecule has 5 heteroatoms. The molecule has 2 amide bonds. The van der Waals surface area contributed by atoms with Gasteiger partial charge in [-0.1, -0.05) is 75.8 Å². The van der Waals surface area contributed by atoms with Crippen molar-refractivity contribution < 1.29 is 9.59 Å². The Hall–Kier alpha value is -2.56. The Kier molecular flexibility index (Phi) is 7.02. The maximum atomic E-state index is 13.8. The molecule has 1 aliphatic carbocycles. The molecule has 1 fully saturated rings. The number of nitrogens with zero attached hydrogens (tertiary/aromatic N) is 2. The van der Waals surface area contributed by atoms with E-state index in [-0.39, 0.29) is 17.9 Å². The number of carbonyl (C=O) groups is 2. The summed E-state index contributed by atoms with van der Waals surface area (Å²) in [7, 11) is 0. The molecule has 0 radical (unpaired) electrons. The van der Waals surface area contributed by atoms with Crippen LogP contribution >= 0.6 is 0 Å². The predicted molar refractivity (Wildman–Crippen MR) is 128 cm³/mol. The Labute approximate surface area is 192 Å². The summed E-state index contributed by atoms with van der Waals surface area (Å²) in [5.74, 6) is -0.0481. The van der Waals surface area contributed by atoms with Gasteiger partial charge in [0.25, 0.3) is 5.91 Å². The van der Waals surface area contributed by atoms with Crippen molar-refractivity contribution >= 4 is 11.8 Å².